The molecule has 3 aliphatic rings. The molecule has 0 bridgehead atoms. The molecule has 0 spiro atoms. The Kier molecular flexibility index (Phi) is 7.97. The molecule has 0 saturated heterocycles. The fraction of sp³-hybridized carbons (Fsp3) is 0.0909. The molecule has 3 heteroatoms. The fourth-order valence-electron chi connectivity index (χ4n) is 9.60. The van der Waals surface area contributed by atoms with E-state index in [1.54, 1.807) is 0 Å². The summed E-state index contributed by atoms with van der Waals surface area (Å²) in [6, 6.07) is 67.6. The average Bonchev–Trinajstić information content (AvgIpc) is 3.51. The van der Waals surface area contributed by atoms with Crippen molar-refractivity contribution < 1.29 is 4.74 Å². The molecule has 58 heavy (non-hydrogen) atoms. The van der Waals surface area contributed by atoms with Crippen molar-refractivity contribution in [3.05, 3.63) is 217 Å². The SMILES string of the molecule is CC1(C)C2=C(CCC(N(c3ccc(-c4ccccc4)cc3)c3ccc4c5c(cccc35)-c3ccc(N(c5ccccc5)c5ccccc5)cc3O4)=C2)c2ccccc21. The van der Waals surface area contributed by atoms with Crippen LogP contribution in [-0.2, 0) is 5.41 Å². The molecule has 1 heterocycles. The molecule has 8 aromatic carbocycles. The molecule has 0 amide bonds. The molecule has 1 aliphatic heterocycles. The predicted octanol–water partition coefficient (Wildman–Crippen LogP) is 15.3. The molecule has 0 fully saturated rings. The van der Waals surface area contributed by atoms with E-state index in [9.17, 15) is 0 Å². The Balaban J connectivity index is 1.05. The lowest BCUT2D eigenvalue weighted by Gasteiger charge is -2.34. The van der Waals surface area contributed by atoms with E-state index in [0.717, 1.165) is 63.7 Å². The van der Waals surface area contributed by atoms with E-state index in [4.69, 9.17) is 4.74 Å². The van der Waals surface area contributed by atoms with Crippen LogP contribution in [-0.4, -0.2) is 0 Å². The maximum atomic E-state index is 6.92. The summed E-state index contributed by atoms with van der Waals surface area (Å²) in [4.78, 5) is 4.80. The van der Waals surface area contributed by atoms with Crippen molar-refractivity contribution in [2.75, 3.05) is 9.80 Å². The van der Waals surface area contributed by atoms with Gasteiger partial charge in [-0.3, -0.25) is 0 Å². The average molecular weight is 747 g/mol. The molecule has 0 radical (unpaired) electrons. The van der Waals surface area contributed by atoms with Crippen LogP contribution in [0, 0.1) is 0 Å². The van der Waals surface area contributed by atoms with Gasteiger partial charge in [0.2, 0.25) is 0 Å². The smallest absolute Gasteiger partial charge is 0.137 e. The molecule has 0 N–H and O–H groups in total. The lowest BCUT2D eigenvalue weighted by atomic mass is 9.79. The third kappa shape index (κ3) is 5.49. The molecule has 2 aliphatic carbocycles. The predicted molar refractivity (Wildman–Crippen MR) is 242 cm³/mol. The quantitative estimate of drug-likeness (QED) is 0.162. The van der Waals surface area contributed by atoms with Gasteiger partial charge >= 0.3 is 0 Å². The van der Waals surface area contributed by atoms with Crippen LogP contribution >= 0.6 is 0 Å². The van der Waals surface area contributed by atoms with Gasteiger partial charge in [0.05, 0.1) is 5.69 Å². The Morgan fingerprint density at radius 3 is 1.83 bits per heavy atom. The molecule has 8 aromatic rings. The number of hydrogen-bond donors (Lipinski definition) is 0. The molecule has 278 valence electrons. The summed E-state index contributed by atoms with van der Waals surface area (Å²) in [5, 5.41) is 2.31. The monoisotopic (exact) mass is 746 g/mol. The van der Waals surface area contributed by atoms with Crippen molar-refractivity contribution in [1.82, 2.24) is 0 Å². The number of allylic oxidation sites excluding steroid dienone is 4. The van der Waals surface area contributed by atoms with Gasteiger partial charge in [0.1, 0.15) is 11.5 Å². The minimum absolute atomic E-state index is 0.0760. The number of nitrogens with zero attached hydrogens (tertiary/aromatic N) is 2. The van der Waals surface area contributed by atoms with Crippen molar-refractivity contribution in [3.63, 3.8) is 0 Å². The van der Waals surface area contributed by atoms with Gasteiger partial charge in [0.25, 0.3) is 0 Å². The number of para-hydroxylation sites is 2. The zero-order valence-electron chi connectivity index (χ0n) is 32.7. The van der Waals surface area contributed by atoms with E-state index >= 15 is 0 Å². The molecule has 0 atom stereocenters. The van der Waals surface area contributed by atoms with Crippen molar-refractivity contribution in [3.8, 4) is 33.8 Å². The fourth-order valence-corrected chi connectivity index (χ4v) is 9.60. The number of ether oxygens (including phenoxy) is 1. The molecular formula is C55H42N2O. The van der Waals surface area contributed by atoms with Crippen LogP contribution in [0.3, 0.4) is 0 Å². The summed E-state index contributed by atoms with van der Waals surface area (Å²) in [6.45, 7) is 4.77. The highest BCUT2D eigenvalue weighted by molar-refractivity contribution is 6.10. The Morgan fingerprint density at radius 2 is 1.09 bits per heavy atom. The first-order valence-electron chi connectivity index (χ1n) is 20.3. The molecule has 11 rings (SSSR count). The molecular weight excluding hydrogens is 705 g/mol. The number of rotatable bonds is 7. The topological polar surface area (TPSA) is 15.7 Å². The van der Waals surface area contributed by atoms with Crippen LogP contribution in [0.15, 0.2) is 205 Å². The van der Waals surface area contributed by atoms with Crippen LogP contribution in [0.5, 0.6) is 11.5 Å². The van der Waals surface area contributed by atoms with E-state index in [-0.39, 0.29) is 5.41 Å². The highest BCUT2D eigenvalue weighted by Crippen LogP contribution is 2.54. The molecule has 0 saturated carbocycles. The largest absolute Gasteiger partial charge is 0.456 e. The van der Waals surface area contributed by atoms with Crippen molar-refractivity contribution in [1.29, 1.82) is 0 Å². The Bertz CT molecular complexity index is 2890. The summed E-state index contributed by atoms with van der Waals surface area (Å²) in [5.74, 6) is 1.73. The van der Waals surface area contributed by atoms with Crippen LogP contribution in [0.4, 0.5) is 28.4 Å². The summed E-state index contributed by atoms with van der Waals surface area (Å²) in [6.07, 6.45) is 4.44. The maximum absolute atomic E-state index is 6.92. The van der Waals surface area contributed by atoms with Gasteiger partial charge < -0.3 is 14.5 Å². The zero-order valence-corrected chi connectivity index (χ0v) is 32.7. The molecule has 0 aromatic heterocycles. The minimum atomic E-state index is -0.0760. The normalized spacial score (nSPS) is 14.6. The first-order chi connectivity index (χ1) is 28.5. The first kappa shape index (κ1) is 34.2. The van der Waals surface area contributed by atoms with E-state index in [1.165, 1.54) is 50.0 Å². The third-order valence-electron chi connectivity index (χ3n) is 12.4. The lowest BCUT2D eigenvalue weighted by Crippen LogP contribution is -2.22. The third-order valence-corrected chi connectivity index (χ3v) is 12.4. The van der Waals surface area contributed by atoms with Crippen molar-refractivity contribution in [2.24, 2.45) is 0 Å². The van der Waals surface area contributed by atoms with Gasteiger partial charge in [-0.1, -0.05) is 135 Å². The van der Waals surface area contributed by atoms with Crippen LogP contribution in [0.1, 0.15) is 37.8 Å². The van der Waals surface area contributed by atoms with Gasteiger partial charge in [0, 0.05) is 56.3 Å². The van der Waals surface area contributed by atoms with E-state index in [0.29, 0.717) is 0 Å². The number of benzene rings is 8. The second-order valence-corrected chi connectivity index (χ2v) is 16.0. The number of fused-ring (bicyclic) bond motifs is 4. The van der Waals surface area contributed by atoms with Crippen molar-refractivity contribution in [2.45, 2.75) is 32.1 Å². The Morgan fingerprint density at radius 1 is 0.466 bits per heavy atom. The second kappa shape index (κ2) is 13.5. The van der Waals surface area contributed by atoms with Gasteiger partial charge in [-0.05, 0) is 119 Å². The Labute approximate surface area is 340 Å². The van der Waals surface area contributed by atoms with Crippen molar-refractivity contribution >= 4 is 44.8 Å². The van der Waals surface area contributed by atoms with Gasteiger partial charge in [-0.15, -0.1) is 0 Å². The highest BCUT2D eigenvalue weighted by atomic mass is 16.5. The lowest BCUT2D eigenvalue weighted by molar-refractivity contribution is 0.487. The summed E-state index contributed by atoms with van der Waals surface area (Å²) < 4.78 is 6.92. The van der Waals surface area contributed by atoms with Crippen LogP contribution < -0.4 is 14.5 Å². The first-order valence-corrected chi connectivity index (χ1v) is 20.3. The number of hydrogen-bond acceptors (Lipinski definition) is 3. The second-order valence-electron chi connectivity index (χ2n) is 16.0. The van der Waals surface area contributed by atoms with Crippen LogP contribution in [0.25, 0.3) is 38.6 Å². The van der Waals surface area contributed by atoms with Gasteiger partial charge in [-0.25, -0.2) is 0 Å². The summed E-state index contributed by atoms with van der Waals surface area (Å²) in [5.41, 5.74) is 17.2. The van der Waals surface area contributed by atoms with Gasteiger partial charge in [0.15, 0.2) is 0 Å². The minimum Gasteiger partial charge on any atom is -0.456 e. The Hall–Kier alpha value is -7.10. The standard InChI is InChI=1S/C55H42N2O/c1-55(2)49-24-13-12-21-44(49)45-31-29-42(35-50(45)55)57(41-27-25-38(26-28-41)37-15-6-3-7-16-37)51-33-34-52-54-47(22-14-23-48(51)54)46-32-30-43(36-53(46)58-52)56(39-17-8-4-9-18-39)40-19-10-5-11-20-40/h3-28,30,32-36H,29,31H2,1-2H3. The highest BCUT2D eigenvalue weighted by Gasteiger charge is 2.39. The molecule has 3 nitrogen and oxygen atoms in total. The van der Waals surface area contributed by atoms with E-state index in [1.807, 2.05) is 0 Å². The zero-order chi connectivity index (χ0) is 38.8. The summed E-state index contributed by atoms with van der Waals surface area (Å²) in [7, 11) is 0. The maximum Gasteiger partial charge on any atom is 0.137 e. The van der Waals surface area contributed by atoms with Gasteiger partial charge in [-0.2, -0.15) is 0 Å². The summed E-state index contributed by atoms with van der Waals surface area (Å²) >= 11 is 0. The number of anilines is 5. The van der Waals surface area contributed by atoms with Crippen LogP contribution in [0.2, 0.25) is 0 Å². The van der Waals surface area contributed by atoms with E-state index in [2.05, 4.69) is 218 Å². The van der Waals surface area contributed by atoms with E-state index < -0.39 is 0 Å². The molecule has 0 unspecified atom stereocenters.